The zero-order valence-corrected chi connectivity index (χ0v) is 12.1. The van der Waals surface area contributed by atoms with Crippen molar-refractivity contribution in [3.8, 4) is 0 Å². The number of alkyl halides is 1. The molecule has 1 fully saturated rings. The highest BCUT2D eigenvalue weighted by molar-refractivity contribution is 7.89. The molecule has 6 heteroatoms. The fourth-order valence-corrected chi connectivity index (χ4v) is 4.16. The highest BCUT2D eigenvalue weighted by Crippen LogP contribution is 2.27. The molecule has 2 rings (SSSR count). The molecule has 1 aromatic rings. The second-order valence-electron chi connectivity index (χ2n) is 4.80. The molecule has 0 bridgehead atoms. The van der Waals surface area contributed by atoms with Gasteiger partial charge in [-0.2, -0.15) is 4.31 Å². The van der Waals surface area contributed by atoms with Crippen LogP contribution >= 0.6 is 11.6 Å². The van der Waals surface area contributed by atoms with Crippen LogP contribution in [0.5, 0.6) is 0 Å². The number of nitrogens with one attached hydrogen (secondary N) is 1. The minimum atomic E-state index is -3.34. The molecule has 0 saturated carbocycles. The fourth-order valence-electron chi connectivity index (χ4n) is 2.45. The molecule has 0 amide bonds. The van der Waals surface area contributed by atoms with E-state index in [2.05, 4.69) is 11.9 Å². The Hall–Kier alpha value is -0.520. The summed E-state index contributed by atoms with van der Waals surface area (Å²) in [7, 11) is -3.34. The lowest BCUT2D eigenvalue weighted by atomic mass is 10.0. The smallest absolute Gasteiger partial charge is 0.244 e. The molecule has 4 nitrogen and oxygen atoms in total. The molecule has 0 radical (unpaired) electrons. The Morgan fingerprint density at radius 1 is 1.56 bits per heavy atom. The first-order chi connectivity index (χ1) is 8.57. The van der Waals surface area contributed by atoms with E-state index < -0.39 is 10.0 Å². The summed E-state index contributed by atoms with van der Waals surface area (Å²) in [6, 6.07) is 1.62. The summed E-state index contributed by atoms with van der Waals surface area (Å²) in [6.45, 7) is 3.42. The van der Waals surface area contributed by atoms with Crippen LogP contribution < -0.4 is 0 Å². The average molecular weight is 291 g/mol. The number of H-pyrrole nitrogens is 1. The Morgan fingerprint density at radius 2 is 2.33 bits per heavy atom. The van der Waals surface area contributed by atoms with Crippen molar-refractivity contribution < 1.29 is 8.42 Å². The number of sulfonamides is 1. The molecule has 1 atom stereocenters. The summed E-state index contributed by atoms with van der Waals surface area (Å²) >= 11 is 5.67. The maximum absolute atomic E-state index is 12.4. The first-order valence-electron chi connectivity index (χ1n) is 6.31. The van der Waals surface area contributed by atoms with Crippen LogP contribution in [0.3, 0.4) is 0 Å². The molecule has 2 heterocycles. The van der Waals surface area contributed by atoms with Crippen molar-refractivity contribution in [2.24, 2.45) is 5.92 Å². The van der Waals surface area contributed by atoms with Gasteiger partial charge in [0.2, 0.25) is 10.0 Å². The lowest BCUT2D eigenvalue weighted by Crippen LogP contribution is -2.28. The quantitative estimate of drug-likeness (QED) is 0.848. The number of nitrogens with zero attached hydrogens (tertiary/aromatic N) is 1. The molecule has 102 valence electrons. The van der Waals surface area contributed by atoms with Crippen molar-refractivity contribution in [3.05, 3.63) is 18.0 Å². The topological polar surface area (TPSA) is 53.2 Å². The standard InChI is InChI=1S/C12H19ClN2O2S/c1-2-3-10-4-5-15(9-10)18(16,17)12-6-11(7-13)14-8-12/h6,8,10,14H,2-5,7,9H2,1H3. The highest BCUT2D eigenvalue weighted by atomic mass is 35.5. The molecule has 1 unspecified atom stereocenters. The van der Waals surface area contributed by atoms with Gasteiger partial charge in [-0.05, 0) is 24.8 Å². The molecular weight excluding hydrogens is 272 g/mol. The Bertz CT molecular complexity index is 498. The van der Waals surface area contributed by atoms with E-state index in [4.69, 9.17) is 11.6 Å². The number of hydrogen-bond acceptors (Lipinski definition) is 2. The molecule has 1 saturated heterocycles. The second kappa shape index (κ2) is 5.63. The Kier molecular flexibility index (Phi) is 4.35. The molecule has 0 aromatic carbocycles. The molecule has 0 spiro atoms. The molecule has 1 aromatic heterocycles. The third-order valence-electron chi connectivity index (χ3n) is 3.44. The summed E-state index contributed by atoms with van der Waals surface area (Å²) < 4.78 is 26.3. The van der Waals surface area contributed by atoms with Gasteiger partial charge >= 0.3 is 0 Å². The molecule has 18 heavy (non-hydrogen) atoms. The first kappa shape index (κ1) is 13.9. The van der Waals surface area contributed by atoms with Crippen LogP contribution in [0.4, 0.5) is 0 Å². The number of halogens is 1. The van der Waals surface area contributed by atoms with Crippen molar-refractivity contribution in [2.45, 2.75) is 37.0 Å². The lowest BCUT2D eigenvalue weighted by molar-refractivity contribution is 0.444. The minimum Gasteiger partial charge on any atom is -0.363 e. The van der Waals surface area contributed by atoms with Gasteiger partial charge in [-0.15, -0.1) is 11.6 Å². The summed E-state index contributed by atoms with van der Waals surface area (Å²) in [5, 5.41) is 0. The van der Waals surface area contributed by atoms with E-state index >= 15 is 0 Å². The van der Waals surface area contributed by atoms with Gasteiger partial charge in [0.25, 0.3) is 0 Å². The minimum absolute atomic E-state index is 0.300. The van der Waals surface area contributed by atoms with Crippen LogP contribution in [-0.4, -0.2) is 30.8 Å². The Balaban J connectivity index is 2.12. The Morgan fingerprint density at radius 3 is 2.94 bits per heavy atom. The summed E-state index contributed by atoms with van der Waals surface area (Å²) in [5.74, 6) is 0.810. The highest BCUT2D eigenvalue weighted by Gasteiger charge is 2.32. The predicted molar refractivity (Wildman–Crippen MR) is 72.1 cm³/mol. The van der Waals surface area contributed by atoms with Gasteiger partial charge in [0.15, 0.2) is 0 Å². The van der Waals surface area contributed by atoms with Gasteiger partial charge in [0.05, 0.1) is 10.8 Å². The molecule has 0 aliphatic carbocycles. The SMILES string of the molecule is CCCC1CCN(S(=O)(=O)c2c[nH]c(CCl)c2)C1. The van der Waals surface area contributed by atoms with Gasteiger partial charge < -0.3 is 4.98 Å². The molecule has 1 N–H and O–H groups in total. The van der Waals surface area contributed by atoms with Crippen molar-refractivity contribution in [1.29, 1.82) is 0 Å². The van der Waals surface area contributed by atoms with Gasteiger partial charge in [-0.25, -0.2) is 8.42 Å². The average Bonchev–Trinajstić information content (AvgIpc) is 2.98. The molecule has 1 aliphatic rings. The van der Waals surface area contributed by atoms with E-state index in [0.29, 0.717) is 29.8 Å². The zero-order valence-electron chi connectivity index (χ0n) is 10.5. The van der Waals surface area contributed by atoms with Crippen LogP contribution in [0, 0.1) is 5.92 Å². The maximum Gasteiger partial charge on any atom is 0.244 e. The normalized spacial score (nSPS) is 21.6. The third-order valence-corrected chi connectivity index (χ3v) is 5.57. The first-order valence-corrected chi connectivity index (χ1v) is 8.28. The number of hydrogen-bond donors (Lipinski definition) is 1. The van der Waals surface area contributed by atoms with Crippen molar-refractivity contribution in [1.82, 2.24) is 9.29 Å². The monoisotopic (exact) mass is 290 g/mol. The van der Waals surface area contributed by atoms with E-state index in [-0.39, 0.29) is 0 Å². The zero-order chi connectivity index (χ0) is 13.2. The van der Waals surface area contributed by atoms with Crippen LogP contribution in [0.2, 0.25) is 0 Å². The van der Waals surface area contributed by atoms with Gasteiger partial charge in [0.1, 0.15) is 0 Å². The van der Waals surface area contributed by atoms with Crippen LogP contribution in [0.1, 0.15) is 31.9 Å². The molecular formula is C12H19ClN2O2S. The lowest BCUT2D eigenvalue weighted by Gasteiger charge is -2.15. The fraction of sp³-hybridized carbons (Fsp3) is 0.667. The summed E-state index contributed by atoms with van der Waals surface area (Å²) in [4.78, 5) is 3.21. The van der Waals surface area contributed by atoms with Crippen molar-refractivity contribution in [2.75, 3.05) is 13.1 Å². The van der Waals surface area contributed by atoms with Gasteiger partial charge in [-0.3, -0.25) is 0 Å². The van der Waals surface area contributed by atoms with Gasteiger partial charge in [-0.1, -0.05) is 13.3 Å². The van der Waals surface area contributed by atoms with Crippen molar-refractivity contribution in [3.63, 3.8) is 0 Å². The molecule has 1 aliphatic heterocycles. The van der Waals surface area contributed by atoms with E-state index in [1.165, 1.54) is 6.20 Å². The Labute approximate surface area is 113 Å². The van der Waals surface area contributed by atoms with E-state index in [9.17, 15) is 8.42 Å². The predicted octanol–water partition coefficient (Wildman–Crippen LogP) is 2.56. The number of aromatic nitrogens is 1. The van der Waals surface area contributed by atoms with Crippen molar-refractivity contribution >= 4 is 21.6 Å². The largest absolute Gasteiger partial charge is 0.363 e. The van der Waals surface area contributed by atoms with Crippen LogP contribution in [0.15, 0.2) is 17.2 Å². The van der Waals surface area contributed by atoms with Gasteiger partial charge in [0, 0.05) is 25.0 Å². The maximum atomic E-state index is 12.4. The van der Waals surface area contributed by atoms with Crippen LogP contribution in [-0.2, 0) is 15.9 Å². The van der Waals surface area contributed by atoms with E-state index in [0.717, 1.165) is 25.0 Å². The third kappa shape index (κ3) is 2.73. The van der Waals surface area contributed by atoms with Crippen LogP contribution in [0.25, 0.3) is 0 Å². The number of rotatable bonds is 5. The number of aromatic amines is 1. The van der Waals surface area contributed by atoms with E-state index in [1.807, 2.05) is 0 Å². The van der Waals surface area contributed by atoms with E-state index in [1.54, 1.807) is 10.4 Å². The summed E-state index contributed by atoms with van der Waals surface area (Å²) in [5.41, 5.74) is 0.736. The second-order valence-corrected chi connectivity index (χ2v) is 7.01. The summed E-state index contributed by atoms with van der Waals surface area (Å²) in [6.07, 6.45) is 4.71.